The maximum absolute atomic E-state index is 12.0. The Morgan fingerprint density at radius 3 is 2.85 bits per heavy atom. The van der Waals surface area contributed by atoms with Gasteiger partial charge < -0.3 is 10.3 Å². The van der Waals surface area contributed by atoms with Crippen molar-refractivity contribution in [1.29, 1.82) is 0 Å². The van der Waals surface area contributed by atoms with Gasteiger partial charge in [0.15, 0.2) is 0 Å². The second-order valence-corrected chi connectivity index (χ2v) is 5.09. The second-order valence-electron chi connectivity index (χ2n) is 5.09. The molecule has 0 spiro atoms. The standard InChI is InChI=1S/C16H20N2O2/c1-3-4-5-15(19)17-10-13-9-12-7-6-11(2)8-14(12)18-16(13)20/h6-9H,3-5,10H2,1-2H3,(H,17,19)(H,18,20). The fraction of sp³-hybridized carbons (Fsp3) is 0.375. The Hall–Kier alpha value is -2.10. The first-order valence-corrected chi connectivity index (χ1v) is 6.99. The summed E-state index contributed by atoms with van der Waals surface area (Å²) in [4.78, 5) is 26.4. The van der Waals surface area contributed by atoms with Crippen LogP contribution in [0.3, 0.4) is 0 Å². The van der Waals surface area contributed by atoms with Crippen molar-refractivity contribution >= 4 is 16.8 Å². The number of aromatic nitrogens is 1. The van der Waals surface area contributed by atoms with Gasteiger partial charge in [-0.15, -0.1) is 0 Å². The molecule has 0 fully saturated rings. The van der Waals surface area contributed by atoms with Gasteiger partial charge in [-0.2, -0.15) is 0 Å². The molecule has 2 aromatic rings. The van der Waals surface area contributed by atoms with E-state index in [4.69, 9.17) is 0 Å². The molecule has 0 bridgehead atoms. The number of hydrogen-bond donors (Lipinski definition) is 2. The van der Waals surface area contributed by atoms with Crippen molar-refractivity contribution in [3.05, 3.63) is 45.7 Å². The van der Waals surface area contributed by atoms with Gasteiger partial charge in [0.05, 0.1) is 0 Å². The molecule has 0 saturated carbocycles. The lowest BCUT2D eigenvalue weighted by atomic mass is 10.1. The van der Waals surface area contributed by atoms with Gasteiger partial charge in [-0.1, -0.05) is 25.5 Å². The lowest BCUT2D eigenvalue weighted by Gasteiger charge is -2.06. The first-order chi connectivity index (χ1) is 9.60. The molecular weight excluding hydrogens is 252 g/mol. The molecule has 1 aromatic carbocycles. The summed E-state index contributed by atoms with van der Waals surface area (Å²) in [6.45, 7) is 4.31. The van der Waals surface area contributed by atoms with Crippen LogP contribution in [0.2, 0.25) is 0 Å². The fourth-order valence-corrected chi connectivity index (χ4v) is 2.11. The van der Waals surface area contributed by atoms with E-state index in [1.165, 1.54) is 0 Å². The molecule has 1 heterocycles. The van der Waals surface area contributed by atoms with Crippen LogP contribution in [0, 0.1) is 6.92 Å². The summed E-state index contributed by atoms with van der Waals surface area (Å²) in [6, 6.07) is 7.77. The van der Waals surface area contributed by atoms with Crippen LogP contribution < -0.4 is 10.9 Å². The zero-order valence-electron chi connectivity index (χ0n) is 12.0. The molecule has 20 heavy (non-hydrogen) atoms. The zero-order valence-corrected chi connectivity index (χ0v) is 12.0. The van der Waals surface area contributed by atoms with E-state index >= 15 is 0 Å². The van der Waals surface area contributed by atoms with Crippen molar-refractivity contribution in [2.24, 2.45) is 0 Å². The Kier molecular flexibility index (Phi) is 4.56. The number of pyridine rings is 1. The van der Waals surface area contributed by atoms with Gasteiger partial charge in [0.2, 0.25) is 5.91 Å². The highest BCUT2D eigenvalue weighted by Gasteiger charge is 2.05. The maximum Gasteiger partial charge on any atom is 0.253 e. The predicted octanol–water partition coefficient (Wildman–Crippen LogP) is 2.64. The van der Waals surface area contributed by atoms with Crippen molar-refractivity contribution in [3.8, 4) is 0 Å². The van der Waals surface area contributed by atoms with E-state index in [1.54, 1.807) is 0 Å². The van der Waals surface area contributed by atoms with E-state index < -0.39 is 0 Å². The van der Waals surface area contributed by atoms with Gasteiger partial charge in [-0.25, -0.2) is 0 Å². The molecule has 0 aliphatic carbocycles. The molecule has 0 aliphatic rings. The van der Waals surface area contributed by atoms with E-state index in [0.29, 0.717) is 12.0 Å². The molecule has 0 aliphatic heterocycles. The van der Waals surface area contributed by atoms with Crippen LogP contribution >= 0.6 is 0 Å². The van der Waals surface area contributed by atoms with Gasteiger partial charge in [-0.3, -0.25) is 9.59 Å². The average molecular weight is 272 g/mol. The number of aryl methyl sites for hydroxylation is 1. The molecule has 4 heteroatoms. The predicted molar refractivity (Wildman–Crippen MR) is 80.7 cm³/mol. The number of carbonyl (C=O) groups excluding carboxylic acids is 1. The van der Waals surface area contributed by atoms with Crippen molar-refractivity contribution in [1.82, 2.24) is 10.3 Å². The highest BCUT2D eigenvalue weighted by Crippen LogP contribution is 2.12. The Bertz CT molecular complexity index is 674. The van der Waals surface area contributed by atoms with Crippen LogP contribution in [-0.4, -0.2) is 10.9 Å². The third kappa shape index (κ3) is 3.47. The van der Waals surface area contributed by atoms with E-state index in [-0.39, 0.29) is 18.0 Å². The number of benzene rings is 1. The summed E-state index contributed by atoms with van der Waals surface area (Å²) in [7, 11) is 0. The normalized spacial score (nSPS) is 10.7. The first kappa shape index (κ1) is 14.3. The van der Waals surface area contributed by atoms with E-state index in [9.17, 15) is 9.59 Å². The SMILES string of the molecule is CCCCC(=O)NCc1cc2ccc(C)cc2[nH]c1=O. The molecule has 1 amide bonds. The summed E-state index contributed by atoms with van der Waals surface area (Å²) in [6.07, 6.45) is 2.38. The highest BCUT2D eigenvalue weighted by molar-refractivity contribution is 5.80. The van der Waals surface area contributed by atoms with Crippen LogP contribution in [0.25, 0.3) is 10.9 Å². The minimum Gasteiger partial charge on any atom is -0.352 e. The van der Waals surface area contributed by atoms with Crippen LogP contribution in [0.1, 0.15) is 37.3 Å². The minimum atomic E-state index is -0.140. The van der Waals surface area contributed by atoms with Crippen LogP contribution in [-0.2, 0) is 11.3 Å². The van der Waals surface area contributed by atoms with E-state index in [1.807, 2.05) is 38.1 Å². The number of aromatic amines is 1. The molecule has 2 rings (SSSR count). The Morgan fingerprint density at radius 1 is 1.30 bits per heavy atom. The number of H-pyrrole nitrogens is 1. The smallest absolute Gasteiger partial charge is 0.253 e. The summed E-state index contributed by atoms with van der Waals surface area (Å²) in [5.74, 6) is -0.00440. The number of rotatable bonds is 5. The molecule has 1 aromatic heterocycles. The number of unbranched alkanes of at least 4 members (excludes halogenated alkanes) is 1. The van der Waals surface area contributed by atoms with Gasteiger partial charge >= 0.3 is 0 Å². The molecule has 106 valence electrons. The summed E-state index contributed by atoms with van der Waals surface area (Å²) < 4.78 is 0. The number of fused-ring (bicyclic) bond motifs is 1. The zero-order chi connectivity index (χ0) is 14.5. The summed E-state index contributed by atoms with van der Waals surface area (Å²) in [5, 5.41) is 3.77. The van der Waals surface area contributed by atoms with Gasteiger partial charge in [0.1, 0.15) is 0 Å². The molecular formula is C16H20N2O2. The lowest BCUT2D eigenvalue weighted by molar-refractivity contribution is -0.121. The lowest BCUT2D eigenvalue weighted by Crippen LogP contribution is -2.26. The molecule has 0 unspecified atom stereocenters. The third-order valence-corrected chi connectivity index (χ3v) is 3.31. The Labute approximate surface area is 118 Å². The molecule has 2 N–H and O–H groups in total. The highest BCUT2D eigenvalue weighted by atomic mass is 16.1. The number of hydrogen-bond acceptors (Lipinski definition) is 2. The minimum absolute atomic E-state index is 0.00440. The van der Waals surface area contributed by atoms with Gasteiger partial charge in [0.25, 0.3) is 5.56 Å². The van der Waals surface area contributed by atoms with Crippen molar-refractivity contribution in [3.63, 3.8) is 0 Å². The third-order valence-electron chi connectivity index (χ3n) is 3.31. The number of nitrogens with one attached hydrogen (secondary N) is 2. The molecule has 0 atom stereocenters. The quantitative estimate of drug-likeness (QED) is 0.879. The van der Waals surface area contributed by atoms with Gasteiger partial charge in [0, 0.05) is 24.0 Å². The molecule has 0 radical (unpaired) electrons. The Morgan fingerprint density at radius 2 is 2.10 bits per heavy atom. The van der Waals surface area contributed by atoms with Crippen molar-refractivity contribution < 1.29 is 4.79 Å². The number of carbonyl (C=O) groups is 1. The fourth-order valence-electron chi connectivity index (χ4n) is 2.11. The summed E-state index contributed by atoms with van der Waals surface area (Å²) in [5.41, 5.74) is 2.38. The topological polar surface area (TPSA) is 62.0 Å². The van der Waals surface area contributed by atoms with Crippen LogP contribution in [0.15, 0.2) is 29.1 Å². The van der Waals surface area contributed by atoms with Crippen molar-refractivity contribution in [2.75, 3.05) is 0 Å². The van der Waals surface area contributed by atoms with E-state index in [0.717, 1.165) is 29.3 Å². The number of amides is 1. The average Bonchev–Trinajstić information content (AvgIpc) is 2.42. The van der Waals surface area contributed by atoms with Crippen LogP contribution in [0.5, 0.6) is 0 Å². The van der Waals surface area contributed by atoms with Gasteiger partial charge in [-0.05, 0) is 36.4 Å². The van der Waals surface area contributed by atoms with Crippen molar-refractivity contribution in [2.45, 2.75) is 39.7 Å². The monoisotopic (exact) mass is 272 g/mol. The second kappa shape index (κ2) is 6.37. The maximum atomic E-state index is 12.0. The summed E-state index contributed by atoms with van der Waals surface area (Å²) >= 11 is 0. The first-order valence-electron chi connectivity index (χ1n) is 6.99. The molecule has 0 saturated heterocycles. The largest absolute Gasteiger partial charge is 0.352 e. The van der Waals surface area contributed by atoms with E-state index in [2.05, 4.69) is 10.3 Å². The molecule has 4 nitrogen and oxygen atoms in total. The Balaban J connectivity index is 2.14. The van der Waals surface area contributed by atoms with Crippen LogP contribution in [0.4, 0.5) is 0 Å².